The van der Waals surface area contributed by atoms with Gasteiger partial charge in [-0.3, -0.25) is 5.32 Å². The first-order valence-corrected chi connectivity index (χ1v) is 7.44. The molecule has 1 aliphatic carbocycles. The number of allylic oxidation sites excluding steroid dienone is 1. The van der Waals surface area contributed by atoms with Crippen molar-refractivity contribution in [1.29, 1.82) is 15.8 Å². The van der Waals surface area contributed by atoms with Crippen LogP contribution in [0.15, 0.2) is 12.2 Å². The Labute approximate surface area is 128 Å². The van der Waals surface area contributed by atoms with E-state index in [0.717, 1.165) is 12.0 Å². The van der Waals surface area contributed by atoms with Gasteiger partial charge in [0.25, 0.3) is 0 Å². The molecule has 4 heteroatoms. The molecule has 1 aliphatic rings. The Kier molecular flexibility index (Phi) is 5.54. The fraction of sp³-hybridized carbons (Fsp3) is 0.706. The minimum atomic E-state index is -0.840. The second-order valence-corrected chi connectivity index (χ2v) is 6.59. The normalized spacial score (nSPS) is 33.5. The molecule has 0 spiro atoms. The van der Waals surface area contributed by atoms with Crippen LogP contribution >= 0.6 is 0 Å². The van der Waals surface area contributed by atoms with Gasteiger partial charge in [-0.1, -0.05) is 32.9 Å². The summed E-state index contributed by atoms with van der Waals surface area (Å²) in [6.45, 7) is 11.8. The summed E-state index contributed by atoms with van der Waals surface area (Å²) in [5, 5.41) is 31.8. The van der Waals surface area contributed by atoms with Crippen molar-refractivity contribution in [2.24, 2.45) is 23.7 Å². The molecular formula is C17H24N4. The average Bonchev–Trinajstić information content (AvgIpc) is 2.45. The van der Waals surface area contributed by atoms with E-state index in [9.17, 15) is 15.8 Å². The lowest BCUT2D eigenvalue weighted by Crippen LogP contribution is -2.59. The topological polar surface area (TPSA) is 83.4 Å². The first kappa shape index (κ1) is 17.2. The van der Waals surface area contributed by atoms with Gasteiger partial charge in [0.1, 0.15) is 5.54 Å². The summed E-state index contributed by atoms with van der Waals surface area (Å²) in [5.41, 5.74) is 0.161. The van der Waals surface area contributed by atoms with E-state index in [0.29, 0.717) is 6.42 Å². The lowest BCUT2D eigenvalue weighted by Gasteiger charge is -2.45. The predicted molar refractivity (Wildman–Crippen MR) is 81.5 cm³/mol. The second kappa shape index (κ2) is 6.75. The third kappa shape index (κ3) is 3.44. The smallest absolute Gasteiger partial charge is 0.112 e. The van der Waals surface area contributed by atoms with Crippen LogP contribution < -0.4 is 5.32 Å². The molecule has 21 heavy (non-hydrogen) atoms. The molecule has 1 rings (SSSR count). The van der Waals surface area contributed by atoms with Crippen LogP contribution in [0.2, 0.25) is 0 Å². The number of nitriles is 3. The van der Waals surface area contributed by atoms with E-state index in [1.54, 1.807) is 0 Å². The predicted octanol–water partition coefficient (Wildman–Crippen LogP) is 3.15. The third-order valence-corrected chi connectivity index (χ3v) is 4.77. The fourth-order valence-corrected chi connectivity index (χ4v) is 3.05. The van der Waals surface area contributed by atoms with Crippen molar-refractivity contribution in [2.75, 3.05) is 0 Å². The molecule has 0 unspecified atom stereocenters. The van der Waals surface area contributed by atoms with Gasteiger partial charge < -0.3 is 0 Å². The number of hydrogen-bond acceptors (Lipinski definition) is 4. The monoisotopic (exact) mass is 284 g/mol. The van der Waals surface area contributed by atoms with Crippen LogP contribution in [0.3, 0.4) is 0 Å². The zero-order valence-corrected chi connectivity index (χ0v) is 13.3. The Morgan fingerprint density at radius 2 is 1.95 bits per heavy atom. The lowest BCUT2D eigenvalue weighted by atomic mass is 9.63. The molecule has 0 aromatic heterocycles. The molecule has 0 radical (unpaired) electrons. The van der Waals surface area contributed by atoms with Crippen molar-refractivity contribution in [3.63, 3.8) is 0 Å². The summed E-state index contributed by atoms with van der Waals surface area (Å²) in [5.74, 6) is -0.0560. The van der Waals surface area contributed by atoms with Gasteiger partial charge >= 0.3 is 0 Å². The van der Waals surface area contributed by atoms with Gasteiger partial charge in [0.2, 0.25) is 0 Å². The molecule has 4 nitrogen and oxygen atoms in total. The summed E-state index contributed by atoms with van der Waals surface area (Å²) in [6, 6.07) is 6.56. The van der Waals surface area contributed by atoms with E-state index in [1.165, 1.54) is 0 Å². The minimum Gasteiger partial charge on any atom is -0.284 e. The number of hydrogen-bond donors (Lipinski definition) is 1. The van der Waals surface area contributed by atoms with Gasteiger partial charge in [-0.25, -0.2) is 0 Å². The van der Waals surface area contributed by atoms with Crippen molar-refractivity contribution >= 4 is 0 Å². The van der Waals surface area contributed by atoms with Crippen molar-refractivity contribution in [3.05, 3.63) is 12.2 Å². The summed E-state index contributed by atoms with van der Waals surface area (Å²) < 4.78 is 0. The fourth-order valence-electron chi connectivity index (χ4n) is 3.05. The van der Waals surface area contributed by atoms with E-state index in [-0.39, 0.29) is 23.7 Å². The Hall–Kier alpha value is -1.83. The summed E-state index contributed by atoms with van der Waals surface area (Å²) in [7, 11) is 0. The van der Waals surface area contributed by atoms with Crippen LogP contribution in [0.1, 0.15) is 40.5 Å². The Morgan fingerprint density at radius 1 is 1.33 bits per heavy atom. The molecule has 0 heterocycles. The highest BCUT2D eigenvalue weighted by atomic mass is 15.0. The third-order valence-electron chi connectivity index (χ3n) is 4.77. The van der Waals surface area contributed by atoms with Gasteiger partial charge in [0.15, 0.2) is 0 Å². The molecule has 0 bridgehead atoms. The molecule has 0 saturated heterocycles. The number of nitrogens with zero attached hydrogens (tertiary/aromatic N) is 3. The maximum Gasteiger partial charge on any atom is 0.112 e. The molecule has 0 aromatic rings. The van der Waals surface area contributed by atoms with Crippen molar-refractivity contribution in [3.8, 4) is 18.2 Å². The quantitative estimate of drug-likeness (QED) is 0.804. The van der Waals surface area contributed by atoms with Gasteiger partial charge in [0, 0.05) is 5.92 Å². The van der Waals surface area contributed by atoms with Crippen LogP contribution in [0.4, 0.5) is 0 Å². The number of nitrogens with one attached hydrogen (secondary N) is 1. The second-order valence-electron chi connectivity index (χ2n) is 6.59. The highest BCUT2D eigenvalue weighted by molar-refractivity contribution is 5.22. The summed E-state index contributed by atoms with van der Waals surface area (Å²) in [4.78, 5) is 0. The molecule has 1 fully saturated rings. The molecule has 5 atom stereocenters. The van der Waals surface area contributed by atoms with E-state index in [4.69, 9.17) is 0 Å². The van der Waals surface area contributed by atoms with Gasteiger partial charge in [-0.15, -0.1) is 0 Å². The van der Waals surface area contributed by atoms with Crippen LogP contribution in [-0.2, 0) is 0 Å². The highest BCUT2D eigenvalue weighted by Crippen LogP contribution is 2.43. The Bertz CT molecular complexity index is 516. The van der Waals surface area contributed by atoms with Crippen LogP contribution in [0, 0.1) is 57.7 Å². The van der Waals surface area contributed by atoms with E-state index in [1.807, 2.05) is 27.7 Å². The molecule has 0 aromatic carbocycles. The molecule has 0 aliphatic heterocycles. The maximum atomic E-state index is 9.79. The first-order chi connectivity index (χ1) is 9.81. The zero-order valence-electron chi connectivity index (χ0n) is 13.3. The Balaban J connectivity index is 3.17. The maximum absolute atomic E-state index is 9.79. The van der Waals surface area contributed by atoms with E-state index < -0.39 is 11.6 Å². The van der Waals surface area contributed by atoms with Crippen LogP contribution in [0.25, 0.3) is 0 Å². The van der Waals surface area contributed by atoms with Crippen molar-refractivity contribution in [2.45, 2.75) is 52.1 Å². The Morgan fingerprint density at radius 3 is 2.33 bits per heavy atom. The molecule has 1 saturated carbocycles. The summed E-state index contributed by atoms with van der Waals surface area (Å²) >= 11 is 0. The van der Waals surface area contributed by atoms with E-state index in [2.05, 4.69) is 30.1 Å². The van der Waals surface area contributed by atoms with Gasteiger partial charge in [-0.05, 0) is 31.6 Å². The minimum absolute atomic E-state index is 0.109. The molecule has 1 N–H and O–H groups in total. The average molecular weight is 284 g/mol. The van der Waals surface area contributed by atoms with Crippen LogP contribution in [0.5, 0.6) is 0 Å². The number of rotatable bonds is 4. The highest BCUT2D eigenvalue weighted by Gasteiger charge is 2.48. The van der Waals surface area contributed by atoms with Crippen molar-refractivity contribution in [1.82, 2.24) is 5.32 Å². The summed E-state index contributed by atoms with van der Waals surface area (Å²) in [6.07, 6.45) is 1.36. The van der Waals surface area contributed by atoms with E-state index >= 15 is 0 Å². The van der Waals surface area contributed by atoms with Crippen molar-refractivity contribution < 1.29 is 0 Å². The van der Waals surface area contributed by atoms with Gasteiger partial charge in [0.05, 0.1) is 30.2 Å². The lowest BCUT2D eigenvalue weighted by molar-refractivity contribution is 0.127. The van der Waals surface area contributed by atoms with Crippen LogP contribution in [-0.4, -0.2) is 11.6 Å². The first-order valence-electron chi connectivity index (χ1n) is 7.44. The zero-order chi connectivity index (χ0) is 16.2. The van der Waals surface area contributed by atoms with Gasteiger partial charge in [-0.2, -0.15) is 15.8 Å². The SMILES string of the molecule is C=C(C)[C@@H]1C[C@@H](C#N)[C@@H](C)[C@](C#N)(N[C@@H](C#N)C(C)C)C1. The molecule has 0 amide bonds. The largest absolute Gasteiger partial charge is 0.284 e. The molecule has 112 valence electrons. The standard InChI is InChI=1S/C17H24N4/c1-11(2)14-6-15(8-18)13(5)17(7-14,10-20)21-16(9-19)12(3)4/h12-16,21H,1,6-7H2,2-5H3/t13-,14-,15+,16+,17+/m1/s1. The molecular weight excluding hydrogens is 260 g/mol.